The summed E-state index contributed by atoms with van der Waals surface area (Å²) in [5, 5.41) is 0. The minimum absolute atomic E-state index is 0.00861. The molecule has 6 heteroatoms. The Morgan fingerprint density at radius 3 is 2.88 bits per heavy atom. The number of aromatic nitrogens is 1. The molecule has 6 nitrogen and oxygen atoms in total. The second-order valence-electron chi connectivity index (χ2n) is 7.04. The van der Waals surface area contributed by atoms with Gasteiger partial charge in [0.25, 0.3) is 5.91 Å². The second kappa shape index (κ2) is 7.95. The molecule has 0 bridgehead atoms. The number of pyridine rings is 1. The number of likely N-dealkylation sites (N-methyl/N-ethyl adjacent to an activating group) is 1. The highest BCUT2D eigenvalue weighted by Crippen LogP contribution is 2.24. The molecule has 2 aliphatic heterocycles. The lowest BCUT2D eigenvalue weighted by Crippen LogP contribution is -2.54. The van der Waals surface area contributed by atoms with Gasteiger partial charge in [0.2, 0.25) is 5.91 Å². The summed E-state index contributed by atoms with van der Waals surface area (Å²) in [7, 11) is 1.80. The van der Waals surface area contributed by atoms with E-state index in [-0.39, 0.29) is 24.0 Å². The summed E-state index contributed by atoms with van der Waals surface area (Å²) in [5.41, 5.74) is 2.15. The van der Waals surface area contributed by atoms with Crippen molar-refractivity contribution in [1.82, 2.24) is 14.8 Å². The summed E-state index contributed by atoms with van der Waals surface area (Å²) in [6, 6.07) is 1.58. The molecule has 0 spiro atoms. The van der Waals surface area contributed by atoms with Crippen LogP contribution in [0.5, 0.6) is 0 Å². The Bertz CT molecular complexity index is 628. The molecule has 0 aliphatic carbocycles. The number of hydrogen-bond donors (Lipinski definition) is 0. The number of amides is 2. The molecule has 2 fully saturated rings. The van der Waals surface area contributed by atoms with E-state index in [1.807, 2.05) is 13.0 Å². The van der Waals surface area contributed by atoms with Crippen molar-refractivity contribution in [3.8, 4) is 0 Å². The van der Waals surface area contributed by atoms with Crippen LogP contribution >= 0.6 is 0 Å². The first-order chi connectivity index (χ1) is 12.1. The van der Waals surface area contributed by atoms with E-state index in [0.29, 0.717) is 19.7 Å². The Morgan fingerprint density at radius 1 is 1.32 bits per heavy atom. The Kier molecular flexibility index (Phi) is 5.68. The van der Waals surface area contributed by atoms with Gasteiger partial charge < -0.3 is 14.5 Å². The van der Waals surface area contributed by atoms with E-state index in [1.54, 1.807) is 29.2 Å². The third-order valence-corrected chi connectivity index (χ3v) is 5.21. The quantitative estimate of drug-likeness (QED) is 0.836. The highest BCUT2D eigenvalue weighted by atomic mass is 16.5. The molecule has 1 aromatic rings. The van der Waals surface area contributed by atoms with E-state index in [1.165, 1.54) is 0 Å². The lowest BCUT2D eigenvalue weighted by Gasteiger charge is -2.38. The summed E-state index contributed by atoms with van der Waals surface area (Å²) in [5.74, 6) is -0.00388. The smallest absolute Gasteiger partial charge is 0.252 e. The van der Waals surface area contributed by atoms with Gasteiger partial charge in [0, 0.05) is 39.1 Å². The summed E-state index contributed by atoms with van der Waals surface area (Å²) in [6.07, 6.45) is 7.54. The zero-order valence-electron chi connectivity index (χ0n) is 15.1. The highest BCUT2D eigenvalue weighted by molar-refractivity contribution is 5.89. The van der Waals surface area contributed by atoms with Gasteiger partial charge in [-0.15, -0.1) is 0 Å². The van der Waals surface area contributed by atoms with Crippen LogP contribution in [0.2, 0.25) is 0 Å². The predicted molar refractivity (Wildman–Crippen MR) is 93.8 cm³/mol. The van der Waals surface area contributed by atoms with Crippen molar-refractivity contribution in [1.29, 1.82) is 0 Å². The van der Waals surface area contributed by atoms with Gasteiger partial charge in [-0.2, -0.15) is 0 Å². The third kappa shape index (κ3) is 4.00. The first-order valence-electron chi connectivity index (χ1n) is 9.14. The maximum atomic E-state index is 13.0. The van der Waals surface area contributed by atoms with Crippen molar-refractivity contribution in [2.75, 3.05) is 20.2 Å². The van der Waals surface area contributed by atoms with E-state index in [4.69, 9.17) is 4.74 Å². The molecule has 1 aromatic heterocycles. The van der Waals surface area contributed by atoms with Crippen molar-refractivity contribution < 1.29 is 14.3 Å². The van der Waals surface area contributed by atoms with E-state index in [0.717, 1.165) is 43.2 Å². The Balaban J connectivity index is 1.69. The molecule has 2 aliphatic rings. The number of nitrogens with zero attached hydrogens (tertiary/aromatic N) is 3. The summed E-state index contributed by atoms with van der Waals surface area (Å²) < 4.78 is 5.54. The molecule has 0 radical (unpaired) electrons. The largest absolute Gasteiger partial charge is 0.368 e. The van der Waals surface area contributed by atoms with Gasteiger partial charge in [-0.25, -0.2) is 0 Å². The van der Waals surface area contributed by atoms with Crippen LogP contribution in [0, 0.1) is 6.92 Å². The van der Waals surface area contributed by atoms with Crippen LogP contribution < -0.4 is 0 Å². The van der Waals surface area contributed by atoms with E-state index in [9.17, 15) is 9.59 Å². The van der Waals surface area contributed by atoms with Crippen molar-refractivity contribution >= 4 is 11.8 Å². The third-order valence-electron chi connectivity index (χ3n) is 5.21. The van der Waals surface area contributed by atoms with Crippen molar-refractivity contribution in [2.24, 2.45) is 0 Å². The van der Waals surface area contributed by atoms with Crippen LogP contribution in [0.3, 0.4) is 0 Å². The molecule has 3 heterocycles. The number of carbonyl (C=O) groups excluding carboxylic acids is 2. The summed E-state index contributed by atoms with van der Waals surface area (Å²) in [4.78, 5) is 33.4. The van der Waals surface area contributed by atoms with Gasteiger partial charge in [-0.05, 0) is 56.2 Å². The average molecular weight is 345 g/mol. The zero-order valence-corrected chi connectivity index (χ0v) is 15.1. The van der Waals surface area contributed by atoms with Gasteiger partial charge in [0.1, 0.15) is 12.1 Å². The molecule has 2 unspecified atom stereocenters. The van der Waals surface area contributed by atoms with E-state index < -0.39 is 0 Å². The number of rotatable bonds is 4. The van der Waals surface area contributed by atoms with Crippen LogP contribution in [-0.4, -0.2) is 58.9 Å². The highest BCUT2D eigenvalue weighted by Gasteiger charge is 2.38. The molecule has 0 N–H and O–H groups in total. The molecular weight excluding hydrogens is 318 g/mol. The van der Waals surface area contributed by atoms with Crippen molar-refractivity contribution in [2.45, 2.75) is 57.7 Å². The normalized spacial score (nSPS) is 23.5. The minimum atomic E-state index is -0.368. The van der Waals surface area contributed by atoms with Crippen LogP contribution in [-0.2, 0) is 20.9 Å². The molecule has 136 valence electrons. The fourth-order valence-corrected chi connectivity index (χ4v) is 3.66. The zero-order chi connectivity index (χ0) is 17.8. The van der Waals surface area contributed by atoms with Crippen molar-refractivity contribution in [3.63, 3.8) is 0 Å². The van der Waals surface area contributed by atoms with Gasteiger partial charge >= 0.3 is 0 Å². The lowest BCUT2D eigenvalue weighted by atomic mass is 9.99. The standard InChI is InChI=1S/C19H27N3O3/c1-14-8-9-20-12-15(14)13-21(2)18(23)16-6-3-4-10-22(16)19(24)17-7-5-11-25-17/h8-9,12,16-17H,3-7,10-11,13H2,1-2H3. The summed E-state index contributed by atoms with van der Waals surface area (Å²) >= 11 is 0. The molecule has 0 aromatic carbocycles. The Labute approximate surface area is 149 Å². The molecule has 2 atom stereocenters. The van der Waals surface area contributed by atoms with Crippen LogP contribution in [0.15, 0.2) is 18.5 Å². The van der Waals surface area contributed by atoms with Crippen LogP contribution in [0.1, 0.15) is 43.2 Å². The first-order valence-corrected chi connectivity index (χ1v) is 9.14. The molecule has 25 heavy (non-hydrogen) atoms. The van der Waals surface area contributed by atoms with Gasteiger partial charge in [0.15, 0.2) is 0 Å². The number of likely N-dealkylation sites (tertiary alicyclic amines) is 1. The fourth-order valence-electron chi connectivity index (χ4n) is 3.66. The number of piperidine rings is 1. The SMILES string of the molecule is Cc1ccncc1CN(C)C(=O)C1CCCCN1C(=O)C1CCCO1. The van der Waals surface area contributed by atoms with Crippen LogP contribution in [0.4, 0.5) is 0 Å². The maximum Gasteiger partial charge on any atom is 0.252 e. The Hall–Kier alpha value is -1.95. The molecule has 0 saturated carbocycles. The maximum absolute atomic E-state index is 13.0. The first kappa shape index (κ1) is 17.9. The molecule has 3 rings (SSSR count). The molecule has 2 saturated heterocycles. The lowest BCUT2D eigenvalue weighted by molar-refractivity contribution is -0.153. The monoisotopic (exact) mass is 345 g/mol. The number of aryl methyl sites for hydroxylation is 1. The van der Waals surface area contributed by atoms with Gasteiger partial charge in [0.05, 0.1) is 0 Å². The summed E-state index contributed by atoms with van der Waals surface area (Å²) in [6.45, 7) is 3.82. The van der Waals surface area contributed by atoms with Crippen molar-refractivity contribution in [3.05, 3.63) is 29.6 Å². The average Bonchev–Trinajstić information content (AvgIpc) is 3.17. The number of carbonyl (C=O) groups is 2. The van der Waals surface area contributed by atoms with E-state index >= 15 is 0 Å². The minimum Gasteiger partial charge on any atom is -0.368 e. The predicted octanol–water partition coefficient (Wildman–Crippen LogP) is 1.91. The van der Waals surface area contributed by atoms with Crippen LogP contribution in [0.25, 0.3) is 0 Å². The number of ether oxygens (including phenoxy) is 1. The number of hydrogen-bond acceptors (Lipinski definition) is 4. The van der Waals surface area contributed by atoms with Gasteiger partial charge in [-0.1, -0.05) is 0 Å². The Morgan fingerprint density at radius 2 is 2.16 bits per heavy atom. The van der Waals surface area contributed by atoms with E-state index in [2.05, 4.69) is 4.98 Å². The second-order valence-corrected chi connectivity index (χ2v) is 7.04. The van der Waals surface area contributed by atoms with Gasteiger partial charge in [-0.3, -0.25) is 14.6 Å². The fraction of sp³-hybridized carbons (Fsp3) is 0.632. The topological polar surface area (TPSA) is 62.7 Å². The molecule has 2 amide bonds. The molecular formula is C19H27N3O3.